The Balaban J connectivity index is 1.47. The van der Waals surface area contributed by atoms with E-state index in [1.54, 1.807) is 25.1 Å². The van der Waals surface area contributed by atoms with Gasteiger partial charge in [-0.15, -0.1) is 0 Å². The van der Waals surface area contributed by atoms with E-state index in [0.29, 0.717) is 28.2 Å². The van der Waals surface area contributed by atoms with Crippen LogP contribution in [0.1, 0.15) is 16.2 Å². The second-order valence-electron chi connectivity index (χ2n) is 6.63. The summed E-state index contributed by atoms with van der Waals surface area (Å²) >= 11 is 5.66. The smallest absolute Gasteiger partial charge is 0.261 e. The molecule has 0 spiro atoms. The van der Waals surface area contributed by atoms with E-state index in [1.165, 1.54) is 24.3 Å². The molecule has 0 aliphatic heterocycles. The Bertz CT molecular complexity index is 1400. The van der Waals surface area contributed by atoms with E-state index in [9.17, 15) is 17.6 Å². The van der Waals surface area contributed by atoms with Gasteiger partial charge in [0.2, 0.25) is 0 Å². The maximum absolute atomic E-state index is 13.3. The van der Waals surface area contributed by atoms with Crippen molar-refractivity contribution in [1.82, 2.24) is 4.98 Å². The molecule has 31 heavy (non-hydrogen) atoms. The number of nitrogens with one attached hydrogen (secondary N) is 2. The van der Waals surface area contributed by atoms with E-state index in [2.05, 4.69) is 15.0 Å². The van der Waals surface area contributed by atoms with Crippen molar-refractivity contribution < 1.29 is 22.0 Å². The minimum absolute atomic E-state index is 0.181. The third-order valence-electron chi connectivity index (χ3n) is 4.35. The van der Waals surface area contributed by atoms with Crippen molar-refractivity contribution in [2.75, 3.05) is 10.0 Å². The molecule has 1 amide bonds. The number of amides is 1. The van der Waals surface area contributed by atoms with Gasteiger partial charge >= 0.3 is 0 Å². The van der Waals surface area contributed by atoms with Gasteiger partial charge in [0.05, 0.1) is 9.92 Å². The highest BCUT2D eigenvalue weighted by Crippen LogP contribution is 2.23. The van der Waals surface area contributed by atoms with Crippen LogP contribution in [0.25, 0.3) is 11.1 Å². The molecule has 4 aromatic rings. The Labute approximate surface area is 181 Å². The maximum atomic E-state index is 13.3. The van der Waals surface area contributed by atoms with Gasteiger partial charge in [-0.1, -0.05) is 11.6 Å². The fourth-order valence-electron chi connectivity index (χ4n) is 2.87. The molecule has 4 rings (SSSR count). The third-order valence-corrected chi connectivity index (χ3v) is 6.02. The van der Waals surface area contributed by atoms with E-state index < -0.39 is 15.8 Å². The number of carbonyl (C=O) groups is 1. The SMILES string of the molecule is Cc1nc2cc(NC(=O)c3ccc(NS(=O)(=O)c4ccc(F)c(Cl)c4)cc3)ccc2o1. The number of hydrogen-bond acceptors (Lipinski definition) is 5. The lowest BCUT2D eigenvalue weighted by Gasteiger charge is -2.10. The average molecular weight is 460 g/mol. The van der Waals surface area contributed by atoms with Gasteiger partial charge in [-0.05, 0) is 60.7 Å². The summed E-state index contributed by atoms with van der Waals surface area (Å²) in [6.07, 6.45) is 0. The lowest BCUT2D eigenvalue weighted by atomic mass is 10.2. The Hall–Kier alpha value is -3.43. The molecule has 158 valence electrons. The Kier molecular flexibility index (Phi) is 5.38. The van der Waals surface area contributed by atoms with Crippen molar-refractivity contribution in [3.63, 3.8) is 0 Å². The first kappa shape index (κ1) is 20.8. The molecule has 7 nitrogen and oxygen atoms in total. The number of hydrogen-bond donors (Lipinski definition) is 2. The number of anilines is 2. The summed E-state index contributed by atoms with van der Waals surface area (Å²) in [7, 11) is -3.97. The van der Waals surface area contributed by atoms with Crippen molar-refractivity contribution in [3.8, 4) is 0 Å². The standard InChI is InChI=1S/C21H15ClFN3O4S/c1-12-24-19-10-15(6-9-20(19)30-12)25-21(27)13-2-4-14(5-3-13)26-31(28,29)16-7-8-18(23)17(22)11-16/h2-11,26H,1H3,(H,25,27). The number of fused-ring (bicyclic) bond motifs is 1. The van der Waals surface area contributed by atoms with Crippen LogP contribution in [0.4, 0.5) is 15.8 Å². The highest BCUT2D eigenvalue weighted by molar-refractivity contribution is 7.92. The van der Waals surface area contributed by atoms with Crippen LogP contribution in [-0.4, -0.2) is 19.3 Å². The van der Waals surface area contributed by atoms with Crippen LogP contribution < -0.4 is 10.0 Å². The van der Waals surface area contributed by atoms with Crippen LogP contribution in [0.2, 0.25) is 5.02 Å². The summed E-state index contributed by atoms with van der Waals surface area (Å²) in [5.74, 6) is -0.562. The van der Waals surface area contributed by atoms with Crippen LogP contribution in [-0.2, 0) is 10.0 Å². The molecule has 3 aromatic carbocycles. The first-order valence-corrected chi connectivity index (χ1v) is 10.8. The number of carbonyl (C=O) groups excluding carboxylic acids is 1. The lowest BCUT2D eigenvalue weighted by molar-refractivity contribution is 0.102. The molecule has 0 saturated carbocycles. The van der Waals surface area contributed by atoms with E-state index in [0.717, 1.165) is 18.2 Å². The van der Waals surface area contributed by atoms with Crippen LogP contribution >= 0.6 is 11.6 Å². The van der Waals surface area contributed by atoms with Gasteiger partial charge in [-0.25, -0.2) is 17.8 Å². The van der Waals surface area contributed by atoms with Gasteiger partial charge in [0, 0.05) is 23.9 Å². The third kappa shape index (κ3) is 4.52. The summed E-state index contributed by atoms with van der Waals surface area (Å²) in [4.78, 5) is 16.5. The second-order valence-corrected chi connectivity index (χ2v) is 8.72. The number of halogens is 2. The largest absolute Gasteiger partial charge is 0.441 e. The molecule has 0 radical (unpaired) electrons. The normalized spacial score (nSPS) is 11.5. The summed E-state index contributed by atoms with van der Waals surface area (Å²) in [5, 5.41) is 2.46. The molecule has 0 saturated heterocycles. The van der Waals surface area contributed by atoms with Gasteiger partial charge in [-0.2, -0.15) is 0 Å². The zero-order valence-electron chi connectivity index (χ0n) is 16.0. The van der Waals surface area contributed by atoms with Crippen molar-refractivity contribution in [1.29, 1.82) is 0 Å². The first-order valence-electron chi connectivity index (χ1n) is 8.98. The van der Waals surface area contributed by atoms with Crippen molar-refractivity contribution >= 4 is 50.0 Å². The molecular formula is C21H15ClFN3O4S. The van der Waals surface area contributed by atoms with Gasteiger partial charge < -0.3 is 9.73 Å². The molecule has 0 bridgehead atoms. The number of oxazole rings is 1. The lowest BCUT2D eigenvalue weighted by Crippen LogP contribution is -2.14. The van der Waals surface area contributed by atoms with Gasteiger partial charge in [0.1, 0.15) is 11.3 Å². The summed E-state index contributed by atoms with van der Waals surface area (Å²) in [6, 6.07) is 14.1. The number of benzene rings is 3. The topological polar surface area (TPSA) is 101 Å². The van der Waals surface area contributed by atoms with E-state index in [4.69, 9.17) is 16.0 Å². The number of sulfonamides is 1. The number of aromatic nitrogens is 1. The van der Waals surface area contributed by atoms with Gasteiger partial charge in [0.25, 0.3) is 15.9 Å². The molecule has 0 atom stereocenters. The minimum atomic E-state index is -3.97. The molecule has 0 aliphatic carbocycles. The van der Waals surface area contributed by atoms with Crippen LogP contribution in [0, 0.1) is 12.7 Å². The molecule has 0 fully saturated rings. The molecule has 2 N–H and O–H groups in total. The molecule has 10 heteroatoms. The molecule has 0 aliphatic rings. The maximum Gasteiger partial charge on any atom is 0.261 e. The summed E-state index contributed by atoms with van der Waals surface area (Å²) in [6.45, 7) is 1.73. The number of rotatable bonds is 5. The Morgan fingerprint density at radius 2 is 1.74 bits per heavy atom. The first-order chi connectivity index (χ1) is 14.7. The van der Waals surface area contributed by atoms with Crippen molar-refractivity contribution in [2.24, 2.45) is 0 Å². The summed E-state index contributed by atoms with van der Waals surface area (Å²) < 4.78 is 45.9. The zero-order chi connectivity index (χ0) is 22.2. The predicted molar refractivity (Wildman–Crippen MR) is 115 cm³/mol. The van der Waals surface area contributed by atoms with Crippen molar-refractivity contribution in [3.05, 3.63) is 83.0 Å². The Morgan fingerprint density at radius 3 is 2.45 bits per heavy atom. The number of nitrogens with zero attached hydrogens (tertiary/aromatic N) is 1. The van der Waals surface area contributed by atoms with Crippen LogP contribution in [0.15, 0.2) is 70.0 Å². The predicted octanol–water partition coefficient (Wildman–Crippen LogP) is 4.98. The fourth-order valence-corrected chi connectivity index (χ4v) is 4.20. The van der Waals surface area contributed by atoms with E-state index in [-0.39, 0.29) is 21.5 Å². The van der Waals surface area contributed by atoms with Gasteiger partial charge in [0.15, 0.2) is 11.5 Å². The molecule has 0 unspecified atom stereocenters. The molecule has 1 aromatic heterocycles. The number of aryl methyl sites for hydroxylation is 1. The highest BCUT2D eigenvalue weighted by atomic mass is 35.5. The fraction of sp³-hybridized carbons (Fsp3) is 0.0476. The van der Waals surface area contributed by atoms with Crippen molar-refractivity contribution in [2.45, 2.75) is 11.8 Å². The average Bonchev–Trinajstić information content (AvgIpc) is 3.09. The summed E-state index contributed by atoms with van der Waals surface area (Å²) in [5.41, 5.74) is 2.35. The van der Waals surface area contributed by atoms with E-state index in [1.807, 2.05) is 0 Å². The zero-order valence-corrected chi connectivity index (χ0v) is 17.6. The quantitative estimate of drug-likeness (QED) is 0.438. The Morgan fingerprint density at radius 1 is 1.03 bits per heavy atom. The van der Waals surface area contributed by atoms with Gasteiger partial charge in [-0.3, -0.25) is 9.52 Å². The molecular weight excluding hydrogens is 445 g/mol. The molecule has 1 heterocycles. The van der Waals surface area contributed by atoms with Crippen LogP contribution in [0.5, 0.6) is 0 Å². The monoisotopic (exact) mass is 459 g/mol. The minimum Gasteiger partial charge on any atom is -0.441 e. The van der Waals surface area contributed by atoms with E-state index >= 15 is 0 Å². The second kappa shape index (κ2) is 8.01. The van der Waals surface area contributed by atoms with Crippen LogP contribution in [0.3, 0.4) is 0 Å². The highest BCUT2D eigenvalue weighted by Gasteiger charge is 2.16.